The normalized spacial score (nSPS) is 21.2. The van der Waals surface area contributed by atoms with Crippen LogP contribution >= 0.6 is 0 Å². The van der Waals surface area contributed by atoms with Gasteiger partial charge in [0.15, 0.2) is 0 Å². The first kappa shape index (κ1) is 11.4. The average molecular weight is 223 g/mol. The fourth-order valence-electron chi connectivity index (χ4n) is 2.43. The van der Waals surface area contributed by atoms with Crippen LogP contribution in [0.5, 0.6) is 0 Å². The smallest absolute Gasteiger partial charge is 0.146 e. The predicted octanol–water partition coefficient (Wildman–Crippen LogP) is 2.55. The second kappa shape index (κ2) is 4.83. The van der Waals surface area contributed by atoms with E-state index in [0.717, 1.165) is 19.5 Å². The highest BCUT2D eigenvalue weighted by atomic mass is 19.1. The van der Waals surface area contributed by atoms with Gasteiger partial charge in [0.05, 0.1) is 12.3 Å². The zero-order chi connectivity index (χ0) is 11.5. The maximum absolute atomic E-state index is 13.8. The Morgan fingerprint density at radius 3 is 3.00 bits per heavy atom. The third kappa shape index (κ3) is 2.19. The highest BCUT2D eigenvalue weighted by Gasteiger charge is 2.21. The Balaban J connectivity index is 2.30. The lowest BCUT2D eigenvalue weighted by Crippen LogP contribution is -2.35. The molecule has 1 saturated heterocycles. The molecule has 1 heterocycles. The maximum atomic E-state index is 13.8. The van der Waals surface area contributed by atoms with Crippen LogP contribution in [0.3, 0.4) is 0 Å². The number of aliphatic hydroxyl groups is 1. The van der Waals surface area contributed by atoms with Gasteiger partial charge in [-0.3, -0.25) is 0 Å². The van der Waals surface area contributed by atoms with Crippen molar-refractivity contribution in [1.82, 2.24) is 0 Å². The second-order valence-corrected chi connectivity index (χ2v) is 4.60. The number of rotatable bonds is 2. The lowest BCUT2D eigenvalue weighted by atomic mass is 9.99. The molecular formula is C13H18FNO. The Morgan fingerprint density at radius 1 is 1.50 bits per heavy atom. The van der Waals surface area contributed by atoms with Crippen molar-refractivity contribution >= 4 is 5.69 Å². The van der Waals surface area contributed by atoms with E-state index in [0.29, 0.717) is 17.2 Å². The first-order chi connectivity index (χ1) is 7.72. The van der Waals surface area contributed by atoms with Gasteiger partial charge in [0, 0.05) is 18.7 Å². The van der Waals surface area contributed by atoms with E-state index >= 15 is 0 Å². The zero-order valence-electron chi connectivity index (χ0n) is 9.62. The summed E-state index contributed by atoms with van der Waals surface area (Å²) in [6.07, 6.45) is 2.31. The summed E-state index contributed by atoms with van der Waals surface area (Å²) in [7, 11) is 0. The third-order valence-corrected chi connectivity index (χ3v) is 3.21. The number of hydrogen-bond donors (Lipinski definition) is 1. The van der Waals surface area contributed by atoms with Crippen LogP contribution in [0.25, 0.3) is 0 Å². The Bertz CT molecular complexity index is 367. The molecule has 3 heteroatoms. The summed E-state index contributed by atoms with van der Waals surface area (Å²) in [4.78, 5) is 2.06. The van der Waals surface area contributed by atoms with Gasteiger partial charge in [-0.15, -0.1) is 0 Å². The number of piperidine rings is 1. The number of aliphatic hydroxyl groups excluding tert-OH is 1. The monoisotopic (exact) mass is 223 g/mol. The van der Waals surface area contributed by atoms with E-state index in [9.17, 15) is 9.50 Å². The van der Waals surface area contributed by atoms with Crippen LogP contribution in [-0.4, -0.2) is 18.2 Å². The molecular weight excluding hydrogens is 205 g/mol. The van der Waals surface area contributed by atoms with Gasteiger partial charge in [-0.25, -0.2) is 4.39 Å². The summed E-state index contributed by atoms with van der Waals surface area (Å²) in [5.74, 6) is 0.376. The van der Waals surface area contributed by atoms with E-state index in [-0.39, 0.29) is 12.4 Å². The summed E-state index contributed by atoms with van der Waals surface area (Å²) < 4.78 is 13.8. The number of halogens is 1. The molecule has 1 atom stereocenters. The summed E-state index contributed by atoms with van der Waals surface area (Å²) >= 11 is 0. The van der Waals surface area contributed by atoms with Crippen molar-refractivity contribution in [2.45, 2.75) is 26.4 Å². The van der Waals surface area contributed by atoms with E-state index in [2.05, 4.69) is 11.8 Å². The molecule has 0 radical (unpaired) electrons. The molecule has 1 aliphatic heterocycles. The molecule has 1 aromatic carbocycles. The van der Waals surface area contributed by atoms with Crippen LogP contribution in [0.1, 0.15) is 25.3 Å². The standard InChI is InChI=1S/C13H18FNO/c1-10-4-3-7-15(8-10)13-11(9-16)5-2-6-12(13)14/h2,5-6,10,16H,3-4,7-9H2,1H3. The molecule has 1 unspecified atom stereocenters. The minimum atomic E-state index is -0.222. The van der Waals surface area contributed by atoms with Crippen molar-refractivity contribution in [3.63, 3.8) is 0 Å². The zero-order valence-corrected chi connectivity index (χ0v) is 9.62. The number of para-hydroxylation sites is 1. The second-order valence-electron chi connectivity index (χ2n) is 4.60. The Morgan fingerprint density at radius 2 is 2.31 bits per heavy atom. The van der Waals surface area contributed by atoms with Gasteiger partial charge in [0.25, 0.3) is 0 Å². The van der Waals surface area contributed by atoms with Crippen LogP contribution in [0, 0.1) is 11.7 Å². The van der Waals surface area contributed by atoms with Crippen LogP contribution in [0.2, 0.25) is 0 Å². The molecule has 88 valence electrons. The van der Waals surface area contributed by atoms with Crippen molar-refractivity contribution < 1.29 is 9.50 Å². The molecule has 0 bridgehead atoms. The maximum Gasteiger partial charge on any atom is 0.146 e. The number of anilines is 1. The average Bonchev–Trinajstić information content (AvgIpc) is 2.28. The molecule has 0 spiro atoms. The van der Waals surface area contributed by atoms with Crippen molar-refractivity contribution in [1.29, 1.82) is 0 Å². The molecule has 0 aliphatic carbocycles. The third-order valence-electron chi connectivity index (χ3n) is 3.21. The van der Waals surface area contributed by atoms with Gasteiger partial charge in [-0.1, -0.05) is 19.1 Å². The van der Waals surface area contributed by atoms with E-state index in [4.69, 9.17) is 0 Å². The molecule has 0 amide bonds. The topological polar surface area (TPSA) is 23.5 Å². The molecule has 1 fully saturated rings. The van der Waals surface area contributed by atoms with Crippen molar-refractivity contribution in [2.75, 3.05) is 18.0 Å². The molecule has 2 rings (SSSR count). The van der Waals surface area contributed by atoms with Gasteiger partial charge < -0.3 is 10.0 Å². The molecule has 0 aromatic heterocycles. The first-order valence-corrected chi connectivity index (χ1v) is 5.85. The molecule has 0 saturated carbocycles. The van der Waals surface area contributed by atoms with E-state index in [1.807, 2.05) is 0 Å². The van der Waals surface area contributed by atoms with Crippen molar-refractivity contribution in [2.24, 2.45) is 5.92 Å². The predicted molar refractivity (Wildman–Crippen MR) is 62.9 cm³/mol. The van der Waals surface area contributed by atoms with Crippen molar-refractivity contribution in [3.8, 4) is 0 Å². The number of hydrogen-bond acceptors (Lipinski definition) is 2. The van der Waals surface area contributed by atoms with Gasteiger partial charge in [0.2, 0.25) is 0 Å². The van der Waals surface area contributed by atoms with Crippen LogP contribution in [-0.2, 0) is 6.61 Å². The lowest BCUT2D eigenvalue weighted by Gasteiger charge is -2.34. The number of nitrogens with zero attached hydrogens (tertiary/aromatic N) is 1. The van der Waals surface area contributed by atoms with Gasteiger partial charge in [0.1, 0.15) is 5.82 Å². The summed E-state index contributed by atoms with van der Waals surface area (Å²) in [6, 6.07) is 4.91. The molecule has 1 aliphatic rings. The van der Waals surface area contributed by atoms with Crippen LogP contribution < -0.4 is 4.90 Å². The SMILES string of the molecule is CC1CCCN(c2c(F)cccc2CO)C1. The highest BCUT2D eigenvalue weighted by molar-refractivity contribution is 5.55. The molecule has 1 aromatic rings. The molecule has 2 nitrogen and oxygen atoms in total. The van der Waals surface area contributed by atoms with Crippen LogP contribution in [0.4, 0.5) is 10.1 Å². The fraction of sp³-hybridized carbons (Fsp3) is 0.538. The van der Waals surface area contributed by atoms with Gasteiger partial charge in [-0.05, 0) is 24.8 Å². The molecule has 1 N–H and O–H groups in total. The number of benzene rings is 1. The minimum absolute atomic E-state index is 0.0992. The Labute approximate surface area is 95.7 Å². The van der Waals surface area contributed by atoms with E-state index in [1.165, 1.54) is 12.5 Å². The Kier molecular flexibility index (Phi) is 3.44. The largest absolute Gasteiger partial charge is 0.392 e. The van der Waals surface area contributed by atoms with E-state index < -0.39 is 0 Å². The fourth-order valence-corrected chi connectivity index (χ4v) is 2.43. The summed E-state index contributed by atoms with van der Waals surface area (Å²) in [5, 5.41) is 9.25. The summed E-state index contributed by atoms with van der Waals surface area (Å²) in [6.45, 7) is 3.86. The quantitative estimate of drug-likeness (QED) is 0.833. The Hall–Kier alpha value is -1.09. The van der Waals surface area contributed by atoms with E-state index in [1.54, 1.807) is 12.1 Å². The first-order valence-electron chi connectivity index (χ1n) is 5.85. The van der Waals surface area contributed by atoms with Gasteiger partial charge >= 0.3 is 0 Å². The highest BCUT2D eigenvalue weighted by Crippen LogP contribution is 2.28. The van der Waals surface area contributed by atoms with Gasteiger partial charge in [-0.2, -0.15) is 0 Å². The summed E-state index contributed by atoms with van der Waals surface area (Å²) in [5.41, 5.74) is 1.28. The minimum Gasteiger partial charge on any atom is -0.392 e. The molecule has 16 heavy (non-hydrogen) atoms. The van der Waals surface area contributed by atoms with Crippen molar-refractivity contribution in [3.05, 3.63) is 29.6 Å². The van der Waals surface area contributed by atoms with Crippen LogP contribution in [0.15, 0.2) is 18.2 Å². The lowest BCUT2D eigenvalue weighted by molar-refractivity contribution is 0.281.